The predicted molar refractivity (Wildman–Crippen MR) is 80.5 cm³/mol. The lowest BCUT2D eigenvalue weighted by atomic mass is 10.0. The highest BCUT2D eigenvalue weighted by Gasteiger charge is 2.60. The molecule has 0 saturated carbocycles. The molecule has 2 heterocycles. The molecule has 5 N–H and O–H groups in total. The van der Waals surface area contributed by atoms with Gasteiger partial charge in [-0.05, 0) is 12.8 Å². The van der Waals surface area contributed by atoms with Gasteiger partial charge in [0.2, 0.25) is 11.8 Å². The molecular formula is C13H19N3O6S. The summed E-state index contributed by atoms with van der Waals surface area (Å²) in [5.74, 6) is -2.93. The largest absolute Gasteiger partial charge is 0.480 e. The first kappa shape index (κ1) is 17.5. The topological polar surface area (TPSA) is 150 Å². The van der Waals surface area contributed by atoms with Crippen LogP contribution in [0.1, 0.15) is 26.2 Å². The van der Waals surface area contributed by atoms with Crippen LogP contribution in [0, 0.1) is 0 Å². The lowest BCUT2D eigenvalue weighted by Crippen LogP contribution is -2.70. The molecule has 2 fully saturated rings. The fraction of sp³-hybridized carbons (Fsp3) is 0.692. The van der Waals surface area contributed by atoms with Crippen LogP contribution in [0.4, 0.5) is 0 Å². The molecule has 5 atom stereocenters. The van der Waals surface area contributed by atoms with Gasteiger partial charge in [0.1, 0.15) is 23.5 Å². The molecule has 10 heteroatoms. The molecule has 0 bridgehead atoms. The second-order valence-electron chi connectivity index (χ2n) is 5.64. The number of nitrogens with two attached hydrogens (primary N) is 1. The van der Waals surface area contributed by atoms with Gasteiger partial charge >= 0.3 is 11.9 Å². The Morgan fingerprint density at radius 2 is 2.04 bits per heavy atom. The molecule has 0 radical (unpaired) electrons. The van der Waals surface area contributed by atoms with E-state index < -0.39 is 36.0 Å². The highest BCUT2D eigenvalue weighted by atomic mass is 32.2. The number of carboxylic acid groups (broad SMARTS) is 2. The summed E-state index contributed by atoms with van der Waals surface area (Å²) in [6.07, 6.45) is 0.541. The van der Waals surface area contributed by atoms with Crippen molar-refractivity contribution < 1.29 is 29.4 Å². The summed E-state index contributed by atoms with van der Waals surface area (Å²) < 4.78 is 0. The van der Waals surface area contributed by atoms with Crippen molar-refractivity contribution in [2.24, 2.45) is 5.73 Å². The predicted octanol–water partition coefficient (Wildman–Crippen LogP) is -1.19. The number of thioether (sulfide) groups is 1. The van der Waals surface area contributed by atoms with E-state index in [9.17, 15) is 19.2 Å². The van der Waals surface area contributed by atoms with Crippen LogP contribution in [-0.4, -0.2) is 67.6 Å². The van der Waals surface area contributed by atoms with E-state index in [1.165, 1.54) is 16.7 Å². The van der Waals surface area contributed by atoms with E-state index in [2.05, 4.69) is 5.32 Å². The summed E-state index contributed by atoms with van der Waals surface area (Å²) >= 11 is 1.35. The zero-order valence-electron chi connectivity index (χ0n) is 12.5. The quantitative estimate of drug-likeness (QED) is 0.421. The lowest BCUT2D eigenvalue weighted by molar-refractivity contribution is -0.160. The van der Waals surface area contributed by atoms with Gasteiger partial charge in [0.05, 0.1) is 0 Å². The Morgan fingerprint density at radius 1 is 1.39 bits per heavy atom. The second-order valence-corrected chi connectivity index (χ2v) is 7.14. The zero-order valence-corrected chi connectivity index (χ0v) is 13.3. The molecule has 0 spiro atoms. The fourth-order valence-electron chi connectivity index (χ4n) is 2.75. The van der Waals surface area contributed by atoms with Crippen LogP contribution < -0.4 is 11.1 Å². The number of hydrogen-bond acceptors (Lipinski definition) is 6. The van der Waals surface area contributed by atoms with Crippen LogP contribution in [0.15, 0.2) is 0 Å². The van der Waals surface area contributed by atoms with Crippen molar-refractivity contribution in [2.45, 2.75) is 54.9 Å². The van der Waals surface area contributed by atoms with Crippen molar-refractivity contribution in [1.29, 1.82) is 0 Å². The average molecular weight is 345 g/mol. The van der Waals surface area contributed by atoms with E-state index in [1.54, 1.807) is 6.92 Å². The fourth-order valence-corrected chi connectivity index (χ4v) is 4.29. The number of rotatable bonds is 7. The number of β-lactam (4-membered cyclic amide) rings is 1. The van der Waals surface area contributed by atoms with E-state index in [1.807, 2.05) is 0 Å². The maximum atomic E-state index is 12.0. The highest BCUT2D eigenvalue weighted by Crippen LogP contribution is 2.44. The standard InChI is InChI=1S/C13H19N3O6S/c1-5-9(13(21)22)16-10(18)8(11(16)23-5)15-7(17)4-2-3-6(14)12(19)20/h5-6,8-9,11H,2-4,14H2,1H3,(H,15,17)(H,19,20)(H,21,22)/t5-,6+,8+,9+,11+/m0/s1. The van der Waals surface area contributed by atoms with Crippen LogP contribution >= 0.6 is 11.8 Å². The lowest BCUT2D eigenvalue weighted by Gasteiger charge is -2.43. The van der Waals surface area contributed by atoms with Crippen molar-refractivity contribution in [3.8, 4) is 0 Å². The van der Waals surface area contributed by atoms with Gasteiger partial charge in [-0.2, -0.15) is 0 Å². The van der Waals surface area contributed by atoms with E-state index in [-0.39, 0.29) is 29.4 Å². The molecule has 128 valence electrons. The van der Waals surface area contributed by atoms with E-state index in [4.69, 9.17) is 15.9 Å². The smallest absolute Gasteiger partial charge is 0.327 e. The summed E-state index contributed by atoms with van der Waals surface area (Å²) in [4.78, 5) is 46.9. The molecule has 0 aromatic carbocycles. The number of carboxylic acids is 2. The summed E-state index contributed by atoms with van der Waals surface area (Å²) in [6.45, 7) is 1.74. The number of nitrogens with one attached hydrogen (secondary N) is 1. The number of carbonyl (C=O) groups excluding carboxylic acids is 2. The molecule has 2 rings (SSSR count). The minimum Gasteiger partial charge on any atom is -0.480 e. The minimum absolute atomic E-state index is 0.0695. The van der Waals surface area contributed by atoms with Crippen LogP contribution in [-0.2, 0) is 19.2 Å². The van der Waals surface area contributed by atoms with Gasteiger partial charge < -0.3 is 26.2 Å². The monoisotopic (exact) mass is 345 g/mol. The molecule has 2 amide bonds. The van der Waals surface area contributed by atoms with Crippen LogP contribution in [0.2, 0.25) is 0 Å². The van der Waals surface area contributed by atoms with Gasteiger partial charge in [0.25, 0.3) is 0 Å². The first-order chi connectivity index (χ1) is 10.7. The summed E-state index contributed by atoms with van der Waals surface area (Å²) in [7, 11) is 0. The Balaban J connectivity index is 1.81. The van der Waals surface area contributed by atoms with E-state index in [0.29, 0.717) is 6.42 Å². The van der Waals surface area contributed by atoms with Gasteiger partial charge in [-0.25, -0.2) is 4.79 Å². The third kappa shape index (κ3) is 3.42. The first-order valence-corrected chi connectivity index (χ1v) is 8.16. The first-order valence-electron chi connectivity index (χ1n) is 7.22. The number of aliphatic carboxylic acids is 2. The number of hydrogen-bond donors (Lipinski definition) is 4. The minimum atomic E-state index is -1.12. The van der Waals surface area contributed by atoms with Gasteiger partial charge in [-0.1, -0.05) is 6.92 Å². The Labute approximate surface area is 136 Å². The summed E-state index contributed by atoms with van der Waals surface area (Å²) in [6, 6.07) is -2.59. The molecule has 2 aliphatic rings. The maximum Gasteiger partial charge on any atom is 0.327 e. The van der Waals surface area contributed by atoms with Crippen LogP contribution in [0.5, 0.6) is 0 Å². The van der Waals surface area contributed by atoms with Crippen LogP contribution in [0.25, 0.3) is 0 Å². The zero-order chi connectivity index (χ0) is 17.3. The summed E-state index contributed by atoms with van der Waals surface area (Å²) in [5.41, 5.74) is 5.34. The Bertz CT molecular complexity index is 542. The molecule has 0 aliphatic carbocycles. The number of carbonyl (C=O) groups is 4. The van der Waals surface area contributed by atoms with Gasteiger partial charge in [-0.15, -0.1) is 11.8 Å². The van der Waals surface area contributed by atoms with Crippen molar-refractivity contribution in [3.05, 3.63) is 0 Å². The van der Waals surface area contributed by atoms with E-state index >= 15 is 0 Å². The molecule has 2 aliphatic heterocycles. The Hall–Kier alpha value is -1.81. The molecule has 0 aromatic heterocycles. The average Bonchev–Trinajstić information content (AvgIpc) is 2.78. The van der Waals surface area contributed by atoms with Crippen molar-refractivity contribution in [1.82, 2.24) is 10.2 Å². The van der Waals surface area contributed by atoms with Crippen molar-refractivity contribution >= 4 is 35.5 Å². The Morgan fingerprint density at radius 3 is 2.61 bits per heavy atom. The number of amides is 2. The molecule has 9 nitrogen and oxygen atoms in total. The number of fused-ring (bicyclic) bond motifs is 1. The summed E-state index contributed by atoms with van der Waals surface area (Å²) in [5, 5.41) is 19.8. The molecule has 2 saturated heterocycles. The SMILES string of the molecule is C[C@@H]1S[C@@H]2[C@H](NC(=O)CCC[C@@H](N)C(=O)O)C(=O)N2[C@H]1C(=O)O. The van der Waals surface area contributed by atoms with Crippen LogP contribution in [0.3, 0.4) is 0 Å². The third-order valence-corrected chi connectivity index (χ3v) is 5.45. The second kappa shape index (κ2) is 6.75. The van der Waals surface area contributed by atoms with Crippen molar-refractivity contribution in [2.75, 3.05) is 0 Å². The molecular weight excluding hydrogens is 326 g/mol. The normalized spacial score (nSPS) is 30.3. The molecule has 0 unspecified atom stereocenters. The van der Waals surface area contributed by atoms with Gasteiger partial charge in [0.15, 0.2) is 0 Å². The number of nitrogens with zero attached hydrogens (tertiary/aromatic N) is 1. The maximum absolute atomic E-state index is 12.0. The molecule has 0 aromatic rings. The third-order valence-electron chi connectivity index (χ3n) is 3.98. The Kier molecular flexibility index (Phi) is 5.15. The highest BCUT2D eigenvalue weighted by molar-refractivity contribution is 8.01. The van der Waals surface area contributed by atoms with Crippen molar-refractivity contribution in [3.63, 3.8) is 0 Å². The van der Waals surface area contributed by atoms with Gasteiger partial charge in [0, 0.05) is 11.7 Å². The van der Waals surface area contributed by atoms with Gasteiger partial charge in [-0.3, -0.25) is 14.4 Å². The molecule has 23 heavy (non-hydrogen) atoms. The van der Waals surface area contributed by atoms with E-state index in [0.717, 1.165) is 0 Å².